The minimum absolute atomic E-state index is 0.430. The van der Waals surface area contributed by atoms with Crippen molar-refractivity contribution in [3.05, 3.63) is 42.5 Å². The van der Waals surface area contributed by atoms with Crippen molar-refractivity contribution < 1.29 is 8.42 Å². The molecule has 2 aromatic carbocycles. The third-order valence-corrected chi connectivity index (χ3v) is 10.1. The smallest absolute Gasteiger partial charge is 0.243 e. The molecule has 1 heterocycles. The lowest BCUT2D eigenvalue weighted by atomic mass is 9.54. The van der Waals surface area contributed by atoms with Gasteiger partial charge >= 0.3 is 0 Å². The predicted octanol–water partition coefficient (Wildman–Crippen LogP) is 3.97. The van der Waals surface area contributed by atoms with E-state index in [4.69, 9.17) is 0 Å². The fourth-order valence-corrected chi connectivity index (χ4v) is 8.67. The normalized spacial score (nSPS) is 35.4. The Balaban J connectivity index is 1.18. The van der Waals surface area contributed by atoms with Crippen molar-refractivity contribution in [3.8, 4) is 0 Å². The minimum Gasteiger partial charge on any atom is -0.297 e. The van der Waals surface area contributed by atoms with Gasteiger partial charge in [-0.25, -0.2) is 8.42 Å². The molecule has 5 heteroatoms. The van der Waals surface area contributed by atoms with Crippen LogP contribution < -0.4 is 0 Å². The zero-order valence-corrected chi connectivity index (χ0v) is 17.7. The lowest BCUT2D eigenvalue weighted by Crippen LogP contribution is -2.60. The molecule has 29 heavy (non-hydrogen) atoms. The van der Waals surface area contributed by atoms with Gasteiger partial charge in [-0.3, -0.25) is 4.90 Å². The molecule has 0 radical (unpaired) electrons. The molecule has 5 aliphatic rings. The van der Waals surface area contributed by atoms with E-state index in [2.05, 4.69) is 4.90 Å². The van der Waals surface area contributed by atoms with E-state index < -0.39 is 10.0 Å². The van der Waals surface area contributed by atoms with Gasteiger partial charge in [0.2, 0.25) is 10.0 Å². The van der Waals surface area contributed by atoms with Crippen LogP contribution in [0.2, 0.25) is 0 Å². The zero-order chi connectivity index (χ0) is 19.6. The van der Waals surface area contributed by atoms with Crippen LogP contribution in [0.25, 0.3) is 10.8 Å². The molecular weight excluding hydrogens is 380 g/mol. The van der Waals surface area contributed by atoms with Crippen LogP contribution in [0, 0.1) is 23.7 Å². The standard InChI is InChI=1S/C24H30N2O2S/c27-29(28,23-6-5-19-3-1-2-4-20(19)16-23)26-9-7-25(8-10-26)24-21-12-17-11-18(14-21)15-22(24)13-17/h1-6,16-18,21-22,24H,7-15H2. The SMILES string of the molecule is O=S(=O)(c1ccc2ccccc2c1)N1CCN(C2C3CC4CC(C3)CC2C4)CC1. The molecule has 0 N–H and O–H groups in total. The largest absolute Gasteiger partial charge is 0.297 e. The van der Waals surface area contributed by atoms with Gasteiger partial charge in [0.05, 0.1) is 4.90 Å². The Labute approximate surface area is 173 Å². The van der Waals surface area contributed by atoms with Crippen molar-refractivity contribution in [3.63, 3.8) is 0 Å². The highest BCUT2D eigenvalue weighted by Gasteiger charge is 2.50. The van der Waals surface area contributed by atoms with E-state index in [0.717, 1.165) is 47.5 Å². The molecular formula is C24H30N2O2S. The molecule has 2 aromatic rings. The maximum Gasteiger partial charge on any atom is 0.243 e. The number of hydrogen-bond acceptors (Lipinski definition) is 3. The average Bonchev–Trinajstić information content (AvgIpc) is 2.73. The van der Waals surface area contributed by atoms with Gasteiger partial charge in [0.1, 0.15) is 0 Å². The molecule has 0 amide bonds. The number of rotatable bonds is 3. The molecule has 4 bridgehead atoms. The van der Waals surface area contributed by atoms with Crippen LogP contribution in [0.5, 0.6) is 0 Å². The summed E-state index contributed by atoms with van der Waals surface area (Å²) in [6.07, 6.45) is 7.18. The van der Waals surface area contributed by atoms with Gasteiger partial charge in [0.15, 0.2) is 0 Å². The molecule has 0 aromatic heterocycles. The topological polar surface area (TPSA) is 40.6 Å². The third kappa shape index (κ3) is 3.05. The molecule has 4 nitrogen and oxygen atoms in total. The molecule has 1 saturated heterocycles. The fourth-order valence-electron chi connectivity index (χ4n) is 7.21. The Kier molecular flexibility index (Phi) is 4.30. The van der Waals surface area contributed by atoms with E-state index in [1.54, 1.807) is 10.4 Å². The number of nitrogens with zero attached hydrogens (tertiary/aromatic N) is 2. The number of hydrogen-bond donors (Lipinski definition) is 0. The lowest BCUT2D eigenvalue weighted by Gasteiger charge is -2.58. The fraction of sp³-hybridized carbons (Fsp3) is 0.583. The van der Waals surface area contributed by atoms with Crippen LogP contribution in [0.3, 0.4) is 0 Å². The molecule has 4 saturated carbocycles. The van der Waals surface area contributed by atoms with Crippen molar-refractivity contribution >= 4 is 20.8 Å². The van der Waals surface area contributed by atoms with Gasteiger partial charge in [-0.15, -0.1) is 0 Å². The van der Waals surface area contributed by atoms with Crippen LogP contribution in [0.1, 0.15) is 32.1 Å². The van der Waals surface area contributed by atoms with Crippen LogP contribution in [0.15, 0.2) is 47.4 Å². The third-order valence-electron chi connectivity index (χ3n) is 8.23. The van der Waals surface area contributed by atoms with Gasteiger partial charge in [0.25, 0.3) is 0 Å². The predicted molar refractivity (Wildman–Crippen MR) is 115 cm³/mol. The summed E-state index contributed by atoms with van der Waals surface area (Å²) in [6.45, 7) is 3.02. The highest BCUT2D eigenvalue weighted by molar-refractivity contribution is 7.89. The first-order valence-corrected chi connectivity index (χ1v) is 12.7. The van der Waals surface area contributed by atoms with Crippen LogP contribution in [0.4, 0.5) is 0 Å². The van der Waals surface area contributed by atoms with Crippen LogP contribution >= 0.6 is 0 Å². The summed E-state index contributed by atoms with van der Waals surface area (Å²) in [7, 11) is -3.42. The Bertz CT molecular complexity index is 998. The highest BCUT2D eigenvalue weighted by Crippen LogP contribution is 2.55. The molecule has 7 rings (SSSR count). The van der Waals surface area contributed by atoms with Gasteiger partial charge in [0, 0.05) is 32.2 Å². The average molecular weight is 411 g/mol. The van der Waals surface area contributed by atoms with Crippen molar-refractivity contribution in [2.45, 2.75) is 43.0 Å². The van der Waals surface area contributed by atoms with Gasteiger partial charge in [-0.05, 0) is 78.7 Å². The van der Waals surface area contributed by atoms with Crippen molar-refractivity contribution in [1.82, 2.24) is 9.21 Å². The van der Waals surface area contributed by atoms with Crippen molar-refractivity contribution in [1.29, 1.82) is 0 Å². The van der Waals surface area contributed by atoms with E-state index in [1.165, 1.54) is 32.1 Å². The zero-order valence-electron chi connectivity index (χ0n) is 16.9. The summed E-state index contributed by atoms with van der Waals surface area (Å²) >= 11 is 0. The lowest BCUT2D eigenvalue weighted by molar-refractivity contribution is -0.0720. The minimum atomic E-state index is -3.42. The second kappa shape index (κ2) is 6.79. The quantitative estimate of drug-likeness (QED) is 0.769. The van der Waals surface area contributed by atoms with Gasteiger partial charge < -0.3 is 0 Å². The number of sulfonamides is 1. The summed E-state index contributed by atoms with van der Waals surface area (Å²) in [5, 5.41) is 2.07. The Morgan fingerprint density at radius 2 is 1.34 bits per heavy atom. The van der Waals surface area contributed by atoms with E-state index in [0.29, 0.717) is 24.0 Å². The molecule has 0 atom stereocenters. The summed E-state index contributed by atoms with van der Waals surface area (Å²) in [4.78, 5) is 3.08. The van der Waals surface area contributed by atoms with E-state index in [9.17, 15) is 8.42 Å². The van der Waals surface area contributed by atoms with Crippen molar-refractivity contribution in [2.24, 2.45) is 23.7 Å². The highest BCUT2D eigenvalue weighted by atomic mass is 32.2. The summed E-state index contributed by atoms with van der Waals surface area (Å²) < 4.78 is 28.2. The van der Waals surface area contributed by atoms with Crippen LogP contribution in [-0.4, -0.2) is 49.8 Å². The first kappa shape index (κ1) is 18.3. The van der Waals surface area contributed by atoms with Crippen molar-refractivity contribution in [2.75, 3.05) is 26.2 Å². The summed E-state index contributed by atoms with van der Waals surface area (Å²) in [5.74, 6) is 3.72. The maximum absolute atomic E-state index is 13.3. The molecule has 0 unspecified atom stereocenters. The number of benzene rings is 2. The van der Waals surface area contributed by atoms with Gasteiger partial charge in [-0.1, -0.05) is 30.3 Å². The monoisotopic (exact) mass is 410 g/mol. The molecule has 1 aliphatic heterocycles. The first-order chi connectivity index (χ1) is 14.1. The van der Waals surface area contributed by atoms with Gasteiger partial charge in [-0.2, -0.15) is 4.31 Å². The first-order valence-electron chi connectivity index (χ1n) is 11.3. The Hall–Kier alpha value is -1.43. The summed E-state index contributed by atoms with van der Waals surface area (Å²) in [5.41, 5.74) is 0. The molecule has 5 fully saturated rings. The second-order valence-electron chi connectivity index (χ2n) is 9.87. The summed E-state index contributed by atoms with van der Waals surface area (Å²) in [6, 6.07) is 14.2. The number of fused-ring (bicyclic) bond motifs is 1. The second-order valence-corrected chi connectivity index (χ2v) is 11.8. The molecule has 154 valence electrons. The molecule has 4 aliphatic carbocycles. The molecule has 0 spiro atoms. The van der Waals surface area contributed by atoms with E-state index in [1.807, 2.05) is 36.4 Å². The Morgan fingerprint density at radius 1 is 0.724 bits per heavy atom. The van der Waals surface area contributed by atoms with Crippen LogP contribution in [-0.2, 0) is 10.0 Å². The number of piperazine rings is 1. The van der Waals surface area contributed by atoms with E-state index >= 15 is 0 Å². The Morgan fingerprint density at radius 3 is 2.00 bits per heavy atom. The maximum atomic E-state index is 13.3. The van der Waals surface area contributed by atoms with E-state index in [-0.39, 0.29) is 0 Å².